The Morgan fingerprint density at radius 3 is 2.14 bits per heavy atom. The van der Waals surface area contributed by atoms with Gasteiger partial charge in [-0.05, 0) is 37.1 Å². The summed E-state index contributed by atoms with van der Waals surface area (Å²) in [7, 11) is 4.78. The summed E-state index contributed by atoms with van der Waals surface area (Å²) in [5, 5.41) is 0. The van der Waals surface area contributed by atoms with Crippen molar-refractivity contribution in [2.45, 2.75) is 13.8 Å². The third-order valence-corrected chi connectivity index (χ3v) is 3.00. The van der Waals surface area contributed by atoms with E-state index in [2.05, 4.69) is 0 Å². The molecule has 0 aromatic heterocycles. The molecule has 0 radical (unpaired) electrons. The van der Waals surface area contributed by atoms with E-state index in [1.54, 1.807) is 59.3 Å². The highest BCUT2D eigenvalue weighted by Gasteiger charge is 2.24. The topological polar surface area (TPSA) is 55.8 Å². The van der Waals surface area contributed by atoms with Crippen LogP contribution in [0.4, 0.5) is 0 Å². The molecule has 1 aromatic carbocycles. The Kier molecular flexibility index (Phi) is 5.96. The Balaban J connectivity index is 3.30. The third kappa shape index (κ3) is 4.08. The highest BCUT2D eigenvalue weighted by molar-refractivity contribution is 6.21. The zero-order valence-corrected chi connectivity index (χ0v) is 13.1. The van der Waals surface area contributed by atoms with Gasteiger partial charge in [-0.1, -0.05) is 12.1 Å². The second kappa shape index (κ2) is 7.47. The molecule has 1 amide bonds. The number of carbonyl (C=O) groups excluding carboxylic acids is 2. The van der Waals surface area contributed by atoms with E-state index >= 15 is 0 Å². The monoisotopic (exact) mass is 291 g/mol. The summed E-state index contributed by atoms with van der Waals surface area (Å²) in [6.07, 6.45) is 0. The molecule has 0 aliphatic heterocycles. The maximum absolute atomic E-state index is 12.2. The molecule has 0 spiro atoms. The normalized spacial score (nSPS) is 11.5. The molecule has 114 valence electrons. The van der Waals surface area contributed by atoms with E-state index in [0.29, 0.717) is 11.3 Å². The van der Waals surface area contributed by atoms with Gasteiger partial charge < -0.3 is 14.4 Å². The second-order valence-electron chi connectivity index (χ2n) is 4.65. The first-order chi connectivity index (χ1) is 9.92. The van der Waals surface area contributed by atoms with Crippen molar-refractivity contribution in [3.05, 3.63) is 35.4 Å². The molecule has 0 saturated carbocycles. The van der Waals surface area contributed by atoms with Gasteiger partial charge in [0.15, 0.2) is 0 Å². The number of hydrogen-bond donors (Lipinski definition) is 0. The lowest BCUT2D eigenvalue weighted by Gasteiger charge is -2.15. The van der Waals surface area contributed by atoms with Crippen LogP contribution in [0.1, 0.15) is 19.4 Å². The van der Waals surface area contributed by atoms with Crippen LogP contribution in [-0.2, 0) is 14.3 Å². The lowest BCUT2D eigenvalue weighted by Crippen LogP contribution is -2.29. The number of rotatable bonds is 5. The van der Waals surface area contributed by atoms with Crippen LogP contribution in [0.2, 0.25) is 0 Å². The predicted molar refractivity (Wildman–Crippen MR) is 80.9 cm³/mol. The number of esters is 1. The van der Waals surface area contributed by atoms with Crippen molar-refractivity contribution in [3.8, 4) is 5.75 Å². The molecule has 1 aromatic rings. The summed E-state index contributed by atoms with van der Waals surface area (Å²) in [5.74, 6) is -0.269. The minimum absolute atomic E-state index is 0.0482. The minimum atomic E-state index is -0.607. The Morgan fingerprint density at radius 1 is 1.14 bits per heavy atom. The summed E-state index contributed by atoms with van der Waals surface area (Å²) in [4.78, 5) is 25.7. The van der Waals surface area contributed by atoms with Crippen molar-refractivity contribution in [1.82, 2.24) is 4.90 Å². The number of ether oxygens (including phenoxy) is 2. The fraction of sp³-hybridized carbons (Fsp3) is 0.375. The van der Waals surface area contributed by atoms with Crippen LogP contribution in [0.5, 0.6) is 5.75 Å². The van der Waals surface area contributed by atoms with Crippen LogP contribution in [-0.4, -0.2) is 44.6 Å². The van der Waals surface area contributed by atoms with E-state index in [1.807, 2.05) is 0 Å². The van der Waals surface area contributed by atoms with E-state index in [4.69, 9.17) is 9.47 Å². The summed E-state index contributed by atoms with van der Waals surface area (Å²) >= 11 is 0. The first-order valence-electron chi connectivity index (χ1n) is 6.66. The molecule has 1 rings (SSSR count). The minimum Gasteiger partial charge on any atom is -0.497 e. The Labute approximate surface area is 125 Å². The van der Waals surface area contributed by atoms with Crippen LogP contribution in [0.15, 0.2) is 29.8 Å². The molecular weight excluding hydrogens is 270 g/mol. The van der Waals surface area contributed by atoms with Gasteiger partial charge in [-0.25, -0.2) is 4.79 Å². The van der Waals surface area contributed by atoms with Crippen molar-refractivity contribution in [3.63, 3.8) is 0 Å². The van der Waals surface area contributed by atoms with Gasteiger partial charge in [-0.15, -0.1) is 0 Å². The number of methoxy groups -OCH3 is 1. The molecule has 21 heavy (non-hydrogen) atoms. The molecule has 0 unspecified atom stereocenters. The van der Waals surface area contributed by atoms with E-state index in [1.165, 1.54) is 4.90 Å². The molecular formula is C16H21NO4. The largest absolute Gasteiger partial charge is 0.497 e. The van der Waals surface area contributed by atoms with Gasteiger partial charge in [-0.3, -0.25) is 4.79 Å². The number of amides is 1. The molecule has 5 heteroatoms. The van der Waals surface area contributed by atoms with E-state index in [9.17, 15) is 9.59 Å². The molecule has 0 saturated heterocycles. The van der Waals surface area contributed by atoms with Crippen molar-refractivity contribution >= 4 is 17.4 Å². The maximum atomic E-state index is 12.2. The van der Waals surface area contributed by atoms with Gasteiger partial charge in [-0.2, -0.15) is 0 Å². The third-order valence-electron chi connectivity index (χ3n) is 3.00. The van der Waals surface area contributed by atoms with Crippen molar-refractivity contribution in [1.29, 1.82) is 0 Å². The molecule has 0 aliphatic carbocycles. The first-order valence-corrected chi connectivity index (χ1v) is 6.66. The molecule has 0 fully saturated rings. The number of benzene rings is 1. The van der Waals surface area contributed by atoms with Gasteiger partial charge >= 0.3 is 5.97 Å². The summed E-state index contributed by atoms with van der Waals surface area (Å²) in [5.41, 5.74) is 1.40. The van der Waals surface area contributed by atoms with Crippen molar-refractivity contribution in [2.75, 3.05) is 27.8 Å². The van der Waals surface area contributed by atoms with E-state index in [-0.39, 0.29) is 18.1 Å². The van der Waals surface area contributed by atoms with E-state index < -0.39 is 5.97 Å². The number of allylic oxidation sites excluding steroid dienone is 1. The van der Waals surface area contributed by atoms with Crippen LogP contribution in [0.3, 0.4) is 0 Å². The Morgan fingerprint density at radius 2 is 1.71 bits per heavy atom. The number of likely N-dealkylation sites (N-methyl/N-ethyl adjacent to an activating group) is 1. The Bertz CT molecular complexity index is 544. The van der Waals surface area contributed by atoms with Gasteiger partial charge in [0, 0.05) is 14.1 Å². The van der Waals surface area contributed by atoms with Gasteiger partial charge in [0.2, 0.25) is 0 Å². The summed E-state index contributed by atoms with van der Waals surface area (Å²) < 4.78 is 10.1. The number of nitrogens with zero attached hydrogens (tertiary/aromatic N) is 1. The quantitative estimate of drug-likeness (QED) is 0.361. The number of carbonyl (C=O) groups is 2. The van der Waals surface area contributed by atoms with Crippen molar-refractivity contribution in [2.24, 2.45) is 0 Å². The SMILES string of the molecule is CCOC(=O)/C(C(=O)N(C)C)=C(/C)c1ccc(OC)cc1. The molecule has 0 heterocycles. The van der Waals surface area contributed by atoms with Gasteiger partial charge in [0.05, 0.1) is 13.7 Å². The van der Waals surface area contributed by atoms with Crippen LogP contribution < -0.4 is 4.74 Å². The smallest absolute Gasteiger partial charge is 0.344 e. The first kappa shape index (κ1) is 16.8. The van der Waals surface area contributed by atoms with Gasteiger partial charge in [0.1, 0.15) is 11.3 Å². The Hall–Kier alpha value is -2.30. The van der Waals surface area contributed by atoms with Gasteiger partial charge in [0.25, 0.3) is 5.91 Å². The van der Waals surface area contributed by atoms with Crippen molar-refractivity contribution < 1.29 is 19.1 Å². The molecule has 0 bridgehead atoms. The highest BCUT2D eigenvalue weighted by Crippen LogP contribution is 2.23. The zero-order chi connectivity index (χ0) is 16.0. The maximum Gasteiger partial charge on any atom is 0.344 e. The van der Waals surface area contributed by atoms with E-state index in [0.717, 1.165) is 5.56 Å². The standard InChI is InChI=1S/C16H21NO4/c1-6-21-16(19)14(15(18)17(3)4)11(2)12-7-9-13(20-5)10-8-12/h7-10H,6H2,1-5H3/b14-11-. The lowest BCUT2D eigenvalue weighted by atomic mass is 10.0. The average Bonchev–Trinajstić information content (AvgIpc) is 2.47. The van der Waals surface area contributed by atoms with Crippen LogP contribution >= 0.6 is 0 Å². The fourth-order valence-electron chi connectivity index (χ4n) is 1.81. The fourth-order valence-corrected chi connectivity index (χ4v) is 1.81. The molecule has 0 N–H and O–H groups in total. The summed E-state index contributed by atoms with van der Waals surface area (Å²) in [6.45, 7) is 3.66. The molecule has 5 nitrogen and oxygen atoms in total. The zero-order valence-electron chi connectivity index (χ0n) is 13.1. The second-order valence-corrected chi connectivity index (χ2v) is 4.65. The highest BCUT2D eigenvalue weighted by atomic mass is 16.5. The van der Waals surface area contributed by atoms with Crippen LogP contribution in [0, 0.1) is 0 Å². The summed E-state index contributed by atoms with van der Waals surface area (Å²) in [6, 6.07) is 7.16. The van der Waals surface area contributed by atoms with Crippen LogP contribution in [0.25, 0.3) is 5.57 Å². The number of hydrogen-bond acceptors (Lipinski definition) is 4. The lowest BCUT2D eigenvalue weighted by molar-refractivity contribution is -0.141. The predicted octanol–water partition coefficient (Wildman–Crippen LogP) is 2.12. The molecule has 0 aliphatic rings. The molecule has 0 atom stereocenters. The average molecular weight is 291 g/mol.